The maximum Gasteiger partial charge on any atom is 0.639 e. The normalized spacial score (nSPS) is 11.6. The van der Waals surface area contributed by atoms with Gasteiger partial charge in [-0.1, -0.05) is 35.4 Å². The molecular formula is C83H69B2F35O10Si. The molecule has 131 heavy (non-hydrogen) atoms. The zero-order valence-electron chi connectivity index (χ0n) is 71.1. The van der Waals surface area contributed by atoms with Gasteiger partial charge in [0.1, 0.15) is 17.2 Å². The van der Waals surface area contributed by atoms with Crippen molar-refractivity contribution in [1.82, 2.24) is 0 Å². The summed E-state index contributed by atoms with van der Waals surface area (Å²) in [6.45, 7) is 21.2. The molecule has 1 aliphatic rings. The van der Waals surface area contributed by atoms with Crippen LogP contribution in [-0.4, -0.2) is 92.6 Å². The van der Waals surface area contributed by atoms with Gasteiger partial charge < -0.3 is 46.7 Å². The minimum absolute atomic E-state index is 0.0274. The second-order valence-electron chi connectivity index (χ2n) is 27.0. The van der Waals surface area contributed by atoms with Gasteiger partial charge in [-0.15, -0.1) is 0 Å². The second-order valence-corrected chi connectivity index (χ2v) is 30.3. The molecule has 1 aliphatic heterocycles. The van der Waals surface area contributed by atoms with Crippen LogP contribution in [0.2, 0.25) is 0 Å². The molecule has 10 nitrogen and oxygen atoms in total. The Kier molecular flexibility index (Phi) is 40.7. The summed E-state index contributed by atoms with van der Waals surface area (Å²) in [6.07, 6.45) is 0.972. The lowest BCUT2D eigenvalue weighted by atomic mass is 9.54. The Morgan fingerprint density at radius 2 is 0.481 bits per heavy atom. The van der Waals surface area contributed by atoms with Crippen LogP contribution >= 0.6 is 0 Å². The molecule has 0 N–H and O–H groups in total. The van der Waals surface area contributed by atoms with E-state index in [2.05, 4.69) is 119 Å². The van der Waals surface area contributed by atoms with Crippen molar-refractivity contribution < 1.29 is 200 Å². The summed E-state index contributed by atoms with van der Waals surface area (Å²) in [4.78, 5) is 0. The molecule has 0 unspecified atom stereocenters. The summed E-state index contributed by atoms with van der Waals surface area (Å²) < 4.78 is 520. The lowest BCUT2D eigenvalue weighted by molar-refractivity contribution is 0.0674. The Hall–Kier alpha value is -10.9. The maximum atomic E-state index is 14.8. The molecule has 11 rings (SSSR count). The van der Waals surface area contributed by atoms with Crippen molar-refractivity contribution in [1.29, 1.82) is 0 Å². The van der Waals surface area contributed by atoms with Gasteiger partial charge >= 0.3 is 22.6 Å². The summed E-state index contributed by atoms with van der Waals surface area (Å²) in [5.74, 6) is -89.4. The van der Waals surface area contributed by atoms with Crippen LogP contribution in [-0.2, 0) is 34.4 Å². The molecule has 10 aromatic rings. The molecule has 0 aromatic heterocycles. The highest BCUT2D eigenvalue weighted by molar-refractivity contribution is 7.07. The molecule has 1 heterocycles. The summed E-state index contributed by atoms with van der Waals surface area (Å²) in [6, 6.07) is 8.52. The predicted molar refractivity (Wildman–Crippen MR) is 405 cm³/mol. The number of rotatable bonds is 14. The van der Waals surface area contributed by atoms with Crippen molar-refractivity contribution in [2.75, 3.05) is 70.1 Å². The van der Waals surface area contributed by atoms with Gasteiger partial charge in [0, 0.05) is 52.6 Å². The van der Waals surface area contributed by atoms with Crippen molar-refractivity contribution in [3.8, 4) is 23.0 Å². The maximum absolute atomic E-state index is 14.8. The van der Waals surface area contributed by atoms with E-state index in [1.165, 1.54) is 61.2 Å². The SMILES string of the molecule is COB(c1c(F)c(F)c(F)c(F)c1F)c1c(F)c(F)c(F)c(F)c1F.COB1OCCCO1.COCc1c(F)c(F)c(F)c(F)c1F.CO[Si](c1c(F)c(F)c(F)c(F)c1F)(c1c(F)c(F)c(F)c(F)c1F)c1c(F)c(F)c(F)c(F)c1F.COc1c(C)c(C)c(C)c(C)c1C.COc1c(C)cc(C)cc1C.COc1c(C)cc(C)cc1C.COc1c(F)c(F)c(F)c(F)c1F. The highest BCUT2D eigenvalue weighted by atomic mass is 28.4. The largest absolute Gasteiger partial charge is 0.639 e. The van der Waals surface area contributed by atoms with E-state index in [9.17, 15) is 154 Å². The molecule has 0 radical (unpaired) electrons. The van der Waals surface area contributed by atoms with E-state index < -0.39 is 271 Å². The van der Waals surface area contributed by atoms with Crippen molar-refractivity contribution in [3.63, 3.8) is 0 Å². The fraction of sp³-hybridized carbons (Fsp3) is 0.277. The number of ether oxygens (including phenoxy) is 5. The smallest absolute Gasteiger partial charge is 0.496 e. The molecule has 1 saturated heterocycles. The Bertz CT molecular complexity index is 5250. The number of hydrogen-bond acceptors (Lipinski definition) is 10. The van der Waals surface area contributed by atoms with Gasteiger partial charge in [-0.05, 0) is 133 Å². The number of benzene rings is 10. The van der Waals surface area contributed by atoms with Gasteiger partial charge in [0.2, 0.25) is 52.4 Å². The highest BCUT2D eigenvalue weighted by Crippen LogP contribution is 2.35. The molecule has 0 spiro atoms. The molecule has 0 aliphatic carbocycles. The highest BCUT2D eigenvalue weighted by Gasteiger charge is 2.58. The summed E-state index contributed by atoms with van der Waals surface area (Å²) in [7, 11) is 1.56. The van der Waals surface area contributed by atoms with Crippen LogP contribution in [0.1, 0.15) is 73.2 Å². The number of methoxy groups -OCH3 is 5. The monoisotopic (exact) mass is 1940 g/mol. The average Bonchev–Trinajstić information content (AvgIpc) is 0.698. The molecule has 0 atom stereocenters. The summed E-state index contributed by atoms with van der Waals surface area (Å²) in [5, 5.41) is -8.23. The van der Waals surface area contributed by atoms with Crippen LogP contribution in [0.5, 0.6) is 23.0 Å². The minimum atomic E-state index is -7.11. The van der Waals surface area contributed by atoms with E-state index >= 15 is 0 Å². The van der Waals surface area contributed by atoms with E-state index in [0.717, 1.165) is 51.1 Å². The molecule has 48 heteroatoms. The van der Waals surface area contributed by atoms with E-state index in [0.29, 0.717) is 7.11 Å². The van der Waals surface area contributed by atoms with E-state index in [-0.39, 0.29) is 7.11 Å². The summed E-state index contributed by atoms with van der Waals surface area (Å²) >= 11 is 0. The third kappa shape index (κ3) is 23.2. The number of halogens is 35. The Morgan fingerprint density at radius 3 is 0.687 bits per heavy atom. The zero-order valence-corrected chi connectivity index (χ0v) is 72.1. The first-order valence-corrected chi connectivity index (χ1v) is 38.1. The van der Waals surface area contributed by atoms with Crippen LogP contribution in [0.3, 0.4) is 0 Å². The third-order valence-electron chi connectivity index (χ3n) is 18.9. The standard InChI is InChI=1S/C19H3F15OSi.C13H3BF10O.C12H18O.2C10H14O.C8H5F5O.C7H3F5O.C4H9BO3/c1-35-36(17-11(29)5(23)2(20)6(24)12(17)30,18-13(31)7(25)3(21)8(26)14(18)32)19-15(33)9(27)4(22)10(28)16(19)34;1-25-14(2-4(15)8(19)12(23)9(20)5(2)16)3-6(17)10(21)13(24)11(22)7(3)18;1-7-8(2)10(4)12(13-6)11(5)9(7)3;2*1-7-5-8(2)10(11-4)9(3)6-7;1-14-2-3-4(9)6(11)8(13)7(12)5(3)10;1-13-7-5(11)3(9)2(8)4(10)6(7)12;1-6-5-7-3-2-4-8-5/h1H3;1H3;1-6H3;2*5-6H,1-4H3;2H2,1H3;1H3;2-4H2,1H3. The first-order chi connectivity index (χ1) is 60.9. The Morgan fingerprint density at radius 1 is 0.267 bits per heavy atom. The summed E-state index contributed by atoms with van der Waals surface area (Å²) in [5.41, 5.74) is 9.25. The van der Waals surface area contributed by atoms with Gasteiger partial charge in [-0.25, -0.2) is 145 Å². The zero-order chi connectivity index (χ0) is 101. The first-order valence-electron chi connectivity index (χ1n) is 36.2. The fourth-order valence-electron chi connectivity index (χ4n) is 12.5. The molecule has 10 aromatic carbocycles. The number of hydrogen-bond donors (Lipinski definition) is 0. The lowest BCUT2D eigenvalue weighted by Crippen LogP contribution is -2.74. The second kappa shape index (κ2) is 47.4. The topological polar surface area (TPSA) is 92.3 Å². The molecule has 0 amide bonds. The predicted octanol–water partition coefficient (Wildman–Crippen LogP) is 20.7. The van der Waals surface area contributed by atoms with Crippen LogP contribution in [0.15, 0.2) is 24.3 Å². The molecule has 1 fully saturated rings. The van der Waals surface area contributed by atoms with Crippen molar-refractivity contribution >= 4 is 49.0 Å². The lowest BCUT2D eigenvalue weighted by Gasteiger charge is -2.33. The number of aryl methyl sites for hydroxylation is 6. The van der Waals surface area contributed by atoms with E-state index in [1.807, 2.05) is 0 Å². The minimum Gasteiger partial charge on any atom is -0.496 e. The third-order valence-corrected chi connectivity index (χ3v) is 23.0. The van der Waals surface area contributed by atoms with Crippen molar-refractivity contribution in [2.45, 2.75) is 89.2 Å². The first kappa shape index (κ1) is 112. The quantitative estimate of drug-likeness (QED) is 0.0345. The van der Waals surface area contributed by atoms with Gasteiger partial charge in [-0.3, -0.25) is 0 Å². The average molecular weight is 1940 g/mol. The fourth-order valence-corrected chi connectivity index (χ4v) is 16.4. The van der Waals surface area contributed by atoms with Gasteiger partial charge in [0.05, 0.1) is 56.2 Å². The van der Waals surface area contributed by atoms with E-state index in [4.69, 9.17) is 28.2 Å². The van der Waals surface area contributed by atoms with Crippen LogP contribution in [0, 0.1) is 280 Å². The van der Waals surface area contributed by atoms with Crippen LogP contribution < -0.4 is 45.4 Å². The van der Waals surface area contributed by atoms with Crippen molar-refractivity contribution in [3.05, 3.63) is 295 Å². The van der Waals surface area contributed by atoms with Crippen LogP contribution in [0.25, 0.3) is 0 Å². The molecule has 716 valence electrons. The Labute approximate surface area is 724 Å². The van der Waals surface area contributed by atoms with Gasteiger partial charge in [-0.2, -0.15) is 8.78 Å². The molecule has 0 saturated carbocycles. The van der Waals surface area contributed by atoms with Gasteiger partial charge in [0.15, 0.2) is 157 Å². The molecule has 0 bridgehead atoms. The van der Waals surface area contributed by atoms with E-state index in [1.54, 1.807) is 28.4 Å². The van der Waals surface area contributed by atoms with Crippen molar-refractivity contribution in [2.24, 2.45) is 0 Å². The van der Waals surface area contributed by atoms with Gasteiger partial charge in [0.25, 0.3) is 0 Å². The van der Waals surface area contributed by atoms with Crippen LogP contribution in [0.4, 0.5) is 154 Å². The Balaban J connectivity index is 0.000000331. The molecular weight excluding hydrogens is 1870 g/mol.